The summed E-state index contributed by atoms with van der Waals surface area (Å²) < 4.78 is 7.29. The minimum atomic E-state index is -1.24. The molecule has 2 aromatic heterocycles. The van der Waals surface area contributed by atoms with E-state index in [0.29, 0.717) is 36.0 Å². The summed E-state index contributed by atoms with van der Waals surface area (Å²) in [6.45, 7) is 0.857. The summed E-state index contributed by atoms with van der Waals surface area (Å²) in [7, 11) is 0. The van der Waals surface area contributed by atoms with Crippen LogP contribution in [0, 0.1) is 0 Å². The highest BCUT2D eigenvalue weighted by Gasteiger charge is 2.44. The Morgan fingerprint density at radius 2 is 1.47 bits per heavy atom. The minimum absolute atomic E-state index is 0.408. The first-order valence-corrected chi connectivity index (χ1v) is 12.1. The van der Waals surface area contributed by atoms with E-state index < -0.39 is 31.1 Å². The molecule has 0 bridgehead atoms. The largest absolute Gasteiger partial charge is 0.394 e. The molecular weight excluding hydrogens is 460 g/mol. The second kappa shape index (κ2) is 11.0. The summed E-state index contributed by atoms with van der Waals surface area (Å²) in [5.74, 6) is 0.970. The van der Waals surface area contributed by atoms with Crippen LogP contribution in [0.25, 0.3) is 11.2 Å². The zero-order valence-electron chi connectivity index (χ0n) is 19.7. The summed E-state index contributed by atoms with van der Waals surface area (Å²) in [6.07, 6.45) is -1.17. The number of aromatic nitrogens is 4. The lowest BCUT2D eigenvalue weighted by Crippen LogP contribution is -2.33. The first-order chi connectivity index (χ1) is 17.6. The van der Waals surface area contributed by atoms with Gasteiger partial charge in [0.1, 0.15) is 18.3 Å². The Morgan fingerprint density at radius 1 is 0.833 bits per heavy atom. The smallest absolute Gasteiger partial charge is 0.226 e. The highest BCUT2D eigenvalue weighted by Crippen LogP contribution is 2.32. The Bertz CT molecular complexity index is 1270. The molecule has 1 saturated heterocycles. The van der Waals surface area contributed by atoms with E-state index in [2.05, 4.69) is 49.9 Å². The van der Waals surface area contributed by atoms with Crippen LogP contribution in [0.5, 0.6) is 0 Å². The fourth-order valence-electron chi connectivity index (χ4n) is 4.35. The van der Waals surface area contributed by atoms with E-state index >= 15 is 0 Å². The third-order valence-electron chi connectivity index (χ3n) is 6.30. The molecule has 0 saturated carbocycles. The van der Waals surface area contributed by atoms with Crippen LogP contribution in [0.1, 0.15) is 17.4 Å². The number of rotatable bonds is 10. The van der Waals surface area contributed by atoms with Gasteiger partial charge in [-0.25, -0.2) is 4.98 Å². The Labute approximate surface area is 208 Å². The van der Waals surface area contributed by atoms with Crippen LogP contribution in [0.4, 0.5) is 11.8 Å². The maximum absolute atomic E-state index is 10.6. The number of aliphatic hydroxyl groups is 3. The van der Waals surface area contributed by atoms with Crippen molar-refractivity contribution in [3.8, 4) is 0 Å². The lowest BCUT2D eigenvalue weighted by molar-refractivity contribution is -0.0511. The van der Waals surface area contributed by atoms with Gasteiger partial charge in [-0.2, -0.15) is 9.97 Å². The molecule has 10 heteroatoms. The van der Waals surface area contributed by atoms with E-state index in [1.54, 1.807) is 4.57 Å². The van der Waals surface area contributed by atoms with Gasteiger partial charge in [0.25, 0.3) is 0 Å². The van der Waals surface area contributed by atoms with Gasteiger partial charge >= 0.3 is 0 Å². The zero-order chi connectivity index (χ0) is 24.9. The van der Waals surface area contributed by atoms with Crippen LogP contribution in [0.2, 0.25) is 0 Å². The van der Waals surface area contributed by atoms with Crippen LogP contribution in [0.15, 0.2) is 67.0 Å². The van der Waals surface area contributed by atoms with Crippen molar-refractivity contribution >= 4 is 22.9 Å². The highest BCUT2D eigenvalue weighted by molar-refractivity contribution is 5.84. The second-order valence-electron chi connectivity index (χ2n) is 8.77. The second-order valence-corrected chi connectivity index (χ2v) is 8.77. The van der Waals surface area contributed by atoms with Crippen molar-refractivity contribution in [2.75, 3.05) is 30.3 Å². The van der Waals surface area contributed by atoms with E-state index in [4.69, 9.17) is 4.74 Å². The number of ether oxygens (including phenoxy) is 1. The number of imidazole rings is 1. The summed E-state index contributed by atoms with van der Waals surface area (Å²) in [5, 5.41) is 36.9. The molecule has 0 unspecified atom stereocenters. The zero-order valence-corrected chi connectivity index (χ0v) is 19.7. The monoisotopic (exact) mass is 490 g/mol. The van der Waals surface area contributed by atoms with E-state index in [0.717, 1.165) is 12.8 Å². The van der Waals surface area contributed by atoms with Gasteiger partial charge in [-0.3, -0.25) is 4.57 Å². The maximum Gasteiger partial charge on any atom is 0.226 e. The summed E-state index contributed by atoms with van der Waals surface area (Å²) >= 11 is 0. The topological polar surface area (TPSA) is 138 Å². The van der Waals surface area contributed by atoms with Crippen LogP contribution < -0.4 is 10.6 Å². The van der Waals surface area contributed by atoms with Crippen LogP contribution in [-0.2, 0) is 17.6 Å². The molecule has 36 heavy (non-hydrogen) atoms. The third-order valence-corrected chi connectivity index (χ3v) is 6.30. The van der Waals surface area contributed by atoms with E-state index in [-0.39, 0.29) is 0 Å². The van der Waals surface area contributed by atoms with Gasteiger partial charge in [0.15, 0.2) is 23.2 Å². The predicted molar refractivity (Wildman–Crippen MR) is 136 cm³/mol. The van der Waals surface area contributed by atoms with Crippen molar-refractivity contribution in [3.05, 3.63) is 78.1 Å². The Kier molecular flexibility index (Phi) is 7.38. The molecule has 1 aliphatic rings. The molecule has 4 atom stereocenters. The lowest BCUT2D eigenvalue weighted by atomic mass is 10.1. The number of anilines is 2. The number of hydrogen-bond acceptors (Lipinski definition) is 9. The summed E-state index contributed by atoms with van der Waals surface area (Å²) in [6, 6.07) is 20.3. The molecule has 1 aliphatic heterocycles. The highest BCUT2D eigenvalue weighted by atomic mass is 16.6. The Balaban J connectivity index is 1.40. The third kappa shape index (κ3) is 5.17. The molecule has 0 radical (unpaired) electrons. The van der Waals surface area contributed by atoms with Crippen molar-refractivity contribution in [2.24, 2.45) is 0 Å². The summed E-state index contributed by atoms with van der Waals surface area (Å²) in [4.78, 5) is 13.8. The molecule has 10 nitrogen and oxygen atoms in total. The molecule has 2 aromatic carbocycles. The van der Waals surface area contributed by atoms with Crippen molar-refractivity contribution in [1.82, 2.24) is 19.5 Å². The molecule has 1 fully saturated rings. The SMILES string of the molecule is OC[C@H]1O[C@@H](n2cnc3c(NCCc4ccccc4)nc(NCCc4ccccc4)nc32)[C@H](O)[C@@H]1O. The molecule has 0 spiro atoms. The quantitative estimate of drug-likeness (QED) is 0.225. The van der Waals surface area contributed by atoms with E-state index in [9.17, 15) is 15.3 Å². The fourth-order valence-corrected chi connectivity index (χ4v) is 4.35. The molecular formula is C26H30N6O4. The number of fused-ring (bicyclic) bond motifs is 1. The molecule has 3 heterocycles. The number of nitrogens with one attached hydrogen (secondary N) is 2. The van der Waals surface area contributed by atoms with Crippen molar-refractivity contribution < 1.29 is 20.1 Å². The minimum Gasteiger partial charge on any atom is -0.394 e. The molecule has 4 aromatic rings. The maximum atomic E-state index is 10.6. The van der Waals surface area contributed by atoms with Crippen LogP contribution in [0.3, 0.4) is 0 Å². The average Bonchev–Trinajstić information content (AvgIpc) is 3.45. The number of benzene rings is 2. The van der Waals surface area contributed by atoms with Gasteiger partial charge in [-0.05, 0) is 24.0 Å². The van der Waals surface area contributed by atoms with Crippen LogP contribution in [-0.4, -0.2) is 72.8 Å². The van der Waals surface area contributed by atoms with Gasteiger partial charge in [0, 0.05) is 13.1 Å². The molecule has 0 aliphatic carbocycles. The Morgan fingerprint density at radius 3 is 2.08 bits per heavy atom. The van der Waals surface area contributed by atoms with Gasteiger partial charge in [0.05, 0.1) is 12.9 Å². The fraction of sp³-hybridized carbons (Fsp3) is 0.346. The van der Waals surface area contributed by atoms with Gasteiger partial charge < -0.3 is 30.7 Å². The normalized spacial score (nSPS) is 21.6. The first kappa shape index (κ1) is 24.1. The standard InChI is InChI=1S/C26H30N6O4/c33-15-19-21(34)22(35)25(36-19)32-16-29-20-23(27-13-11-17-7-3-1-4-8-17)30-26(31-24(20)32)28-14-12-18-9-5-2-6-10-18/h1-10,16,19,21-22,25,33-35H,11-15H2,(H2,27,28,30,31)/t19-,21-,22-,25-/m1/s1. The number of aliphatic hydroxyl groups excluding tert-OH is 3. The lowest BCUT2D eigenvalue weighted by Gasteiger charge is -2.17. The van der Waals surface area contributed by atoms with Crippen LogP contribution >= 0.6 is 0 Å². The molecule has 0 amide bonds. The number of nitrogens with zero attached hydrogens (tertiary/aromatic N) is 4. The first-order valence-electron chi connectivity index (χ1n) is 12.1. The average molecular weight is 491 g/mol. The van der Waals surface area contributed by atoms with Gasteiger partial charge in [-0.1, -0.05) is 60.7 Å². The molecule has 5 rings (SSSR count). The predicted octanol–water partition coefficient (Wildman–Crippen LogP) is 1.75. The number of hydrogen-bond donors (Lipinski definition) is 5. The van der Waals surface area contributed by atoms with Crippen molar-refractivity contribution in [3.63, 3.8) is 0 Å². The summed E-state index contributed by atoms with van der Waals surface area (Å²) in [5.41, 5.74) is 3.37. The van der Waals surface area contributed by atoms with Crippen molar-refractivity contribution in [1.29, 1.82) is 0 Å². The van der Waals surface area contributed by atoms with Gasteiger partial charge in [0.2, 0.25) is 5.95 Å². The van der Waals surface area contributed by atoms with Crippen molar-refractivity contribution in [2.45, 2.75) is 37.4 Å². The van der Waals surface area contributed by atoms with E-state index in [1.165, 1.54) is 17.5 Å². The molecule has 5 N–H and O–H groups in total. The molecule has 188 valence electrons. The van der Waals surface area contributed by atoms with Gasteiger partial charge in [-0.15, -0.1) is 0 Å². The van der Waals surface area contributed by atoms with E-state index in [1.807, 2.05) is 36.4 Å². The Hall–Kier alpha value is -3.57.